The lowest BCUT2D eigenvalue weighted by Crippen LogP contribution is -2.32. The molecule has 0 saturated heterocycles. The maximum atomic E-state index is 13.1. The van der Waals surface area contributed by atoms with Crippen molar-refractivity contribution < 1.29 is 31.1 Å². The second kappa shape index (κ2) is 8.49. The molecule has 1 amide bonds. The lowest BCUT2D eigenvalue weighted by Gasteiger charge is -2.25. The third-order valence-corrected chi connectivity index (χ3v) is 4.58. The Hall–Kier alpha value is -4.02. The standard InChI is InChI=1S/C19H13F6N7O/c1-10(15-29-14(9-26)30-32(15)17-27-4-3-5-28-17)31(2)16(33)11-6-12(18(20,21)22)8-13(7-11)19(23,24)25/h3-8,10H,1-2H3. The van der Waals surface area contributed by atoms with Crippen LogP contribution in [0.1, 0.15) is 46.1 Å². The van der Waals surface area contributed by atoms with Crippen LogP contribution in [0.25, 0.3) is 5.95 Å². The highest BCUT2D eigenvalue weighted by atomic mass is 19.4. The fourth-order valence-electron chi connectivity index (χ4n) is 2.82. The summed E-state index contributed by atoms with van der Waals surface area (Å²) in [6.45, 7) is 1.40. The van der Waals surface area contributed by atoms with Crippen LogP contribution < -0.4 is 0 Å². The number of carbonyl (C=O) groups is 1. The first-order valence-electron chi connectivity index (χ1n) is 9.04. The molecule has 0 fully saturated rings. The Bertz CT molecular complexity index is 1180. The van der Waals surface area contributed by atoms with Crippen molar-refractivity contribution in [3.8, 4) is 12.0 Å². The zero-order valence-electron chi connectivity index (χ0n) is 16.8. The van der Waals surface area contributed by atoms with Gasteiger partial charge in [-0.05, 0) is 31.2 Å². The zero-order chi connectivity index (χ0) is 24.6. The molecule has 3 aromatic rings. The minimum Gasteiger partial charge on any atom is -0.332 e. The van der Waals surface area contributed by atoms with E-state index >= 15 is 0 Å². The molecule has 1 unspecified atom stereocenters. The van der Waals surface area contributed by atoms with Gasteiger partial charge in [0, 0.05) is 25.0 Å². The summed E-state index contributed by atoms with van der Waals surface area (Å²) < 4.78 is 79.9. The van der Waals surface area contributed by atoms with Gasteiger partial charge >= 0.3 is 12.4 Å². The van der Waals surface area contributed by atoms with Crippen LogP contribution >= 0.6 is 0 Å². The maximum Gasteiger partial charge on any atom is 0.416 e. The first-order chi connectivity index (χ1) is 15.3. The van der Waals surface area contributed by atoms with E-state index in [0.717, 1.165) is 16.6 Å². The fourth-order valence-corrected chi connectivity index (χ4v) is 2.82. The normalized spacial score (nSPS) is 12.8. The number of aromatic nitrogens is 5. The van der Waals surface area contributed by atoms with Crippen molar-refractivity contribution in [2.24, 2.45) is 0 Å². The number of halogens is 6. The Morgan fingerprint density at radius 1 is 1.06 bits per heavy atom. The van der Waals surface area contributed by atoms with Gasteiger partial charge < -0.3 is 4.90 Å². The fraction of sp³-hybridized carbons (Fsp3) is 0.263. The number of alkyl halides is 6. The molecule has 0 N–H and O–H groups in total. The molecule has 14 heteroatoms. The molecule has 0 aliphatic heterocycles. The molecule has 0 radical (unpaired) electrons. The molecule has 33 heavy (non-hydrogen) atoms. The highest BCUT2D eigenvalue weighted by Crippen LogP contribution is 2.37. The van der Waals surface area contributed by atoms with Crippen molar-refractivity contribution in [3.05, 3.63) is 65.0 Å². The molecule has 2 heterocycles. The van der Waals surface area contributed by atoms with Crippen LogP contribution in [0.2, 0.25) is 0 Å². The topological polar surface area (TPSA) is 101 Å². The van der Waals surface area contributed by atoms with E-state index in [1.807, 2.05) is 0 Å². The molecule has 172 valence electrons. The third-order valence-electron chi connectivity index (χ3n) is 4.58. The molecule has 0 aliphatic rings. The van der Waals surface area contributed by atoms with Gasteiger partial charge in [-0.3, -0.25) is 4.79 Å². The lowest BCUT2D eigenvalue weighted by molar-refractivity contribution is -0.143. The highest BCUT2D eigenvalue weighted by molar-refractivity contribution is 5.94. The Balaban J connectivity index is 2.04. The summed E-state index contributed by atoms with van der Waals surface area (Å²) >= 11 is 0. The van der Waals surface area contributed by atoms with Gasteiger partial charge in [-0.25, -0.2) is 9.97 Å². The van der Waals surface area contributed by atoms with Crippen molar-refractivity contribution in [3.63, 3.8) is 0 Å². The van der Waals surface area contributed by atoms with Crippen molar-refractivity contribution in [1.82, 2.24) is 29.6 Å². The number of hydrogen-bond acceptors (Lipinski definition) is 6. The van der Waals surface area contributed by atoms with Gasteiger partial charge in [0.25, 0.3) is 17.7 Å². The summed E-state index contributed by atoms with van der Waals surface area (Å²) in [5.41, 5.74) is -4.06. The van der Waals surface area contributed by atoms with Crippen LogP contribution in [0, 0.1) is 11.3 Å². The van der Waals surface area contributed by atoms with Gasteiger partial charge in [-0.2, -0.15) is 41.3 Å². The van der Waals surface area contributed by atoms with Crippen LogP contribution in [0.4, 0.5) is 26.3 Å². The van der Waals surface area contributed by atoms with E-state index in [9.17, 15) is 31.1 Å². The molecule has 0 bridgehead atoms. The number of hydrogen-bond donors (Lipinski definition) is 0. The van der Waals surface area contributed by atoms with Gasteiger partial charge in [0.05, 0.1) is 17.2 Å². The number of nitriles is 1. The number of nitrogens with zero attached hydrogens (tertiary/aromatic N) is 7. The van der Waals surface area contributed by atoms with E-state index in [2.05, 4.69) is 20.1 Å². The Labute approximate surface area is 182 Å². The largest absolute Gasteiger partial charge is 0.416 e. The average Bonchev–Trinajstić information content (AvgIpc) is 3.21. The Morgan fingerprint density at radius 3 is 2.09 bits per heavy atom. The molecular weight excluding hydrogens is 456 g/mol. The van der Waals surface area contributed by atoms with Crippen molar-refractivity contribution >= 4 is 5.91 Å². The molecule has 1 atom stereocenters. The summed E-state index contributed by atoms with van der Waals surface area (Å²) in [7, 11) is 1.16. The highest BCUT2D eigenvalue weighted by Gasteiger charge is 2.38. The summed E-state index contributed by atoms with van der Waals surface area (Å²) in [4.78, 5) is 25.7. The molecule has 1 aromatic carbocycles. The molecule has 8 nitrogen and oxygen atoms in total. The second-order valence-corrected chi connectivity index (χ2v) is 6.75. The van der Waals surface area contributed by atoms with Crippen molar-refractivity contribution in [2.45, 2.75) is 25.3 Å². The maximum absolute atomic E-state index is 13.1. The first kappa shape index (κ1) is 23.6. The summed E-state index contributed by atoms with van der Waals surface area (Å²) in [5.74, 6) is -1.48. The molecule has 2 aromatic heterocycles. The van der Waals surface area contributed by atoms with Crippen molar-refractivity contribution in [2.75, 3.05) is 7.05 Å². The summed E-state index contributed by atoms with van der Waals surface area (Å²) in [6, 6.07) is 2.79. The number of benzene rings is 1. The molecule has 0 saturated carbocycles. The number of carbonyl (C=O) groups excluding carboxylic acids is 1. The van der Waals surface area contributed by atoms with Gasteiger partial charge in [-0.15, -0.1) is 5.10 Å². The zero-order valence-corrected chi connectivity index (χ0v) is 16.8. The van der Waals surface area contributed by atoms with E-state index < -0.39 is 41.0 Å². The predicted octanol–water partition coefficient (Wildman–Crippen LogP) is 3.80. The smallest absolute Gasteiger partial charge is 0.332 e. The lowest BCUT2D eigenvalue weighted by atomic mass is 10.0. The molecular formula is C19H13F6N7O. The quantitative estimate of drug-likeness (QED) is 0.539. The average molecular weight is 469 g/mol. The van der Waals surface area contributed by atoms with E-state index in [-0.39, 0.29) is 23.7 Å². The van der Waals surface area contributed by atoms with Gasteiger partial charge in [-0.1, -0.05) is 0 Å². The Kier molecular flexibility index (Phi) is 6.08. The van der Waals surface area contributed by atoms with Crippen molar-refractivity contribution in [1.29, 1.82) is 5.26 Å². The van der Waals surface area contributed by atoms with Gasteiger partial charge in [0.1, 0.15) is 6.07 Å². The molecule has 3 rings (SSSR count). The van der Waals surface area contributed by atoms with Gasteiger partial charge in [0.2, 0.25) is 0 Å². The van der Waals surface area contributed by atoms with Crippen LogP contribution in [0.3, 0.4) is 0 Å². The molecule has 0 aliphatic carbocycles. The predicted molar refractivity (Wildman–Crippen MR) is 98.6 cm³/mol. The van der Waals surface area contributed by atoms with Gasteiger partial charge in [0.15, 0.2) is 5.82 Å². The number of rotatable bonds is 4. The monoisotopic (exact) mass is 469 g/mol. The van der Waals surface area contributed by atoms with E-state index in [4.69, 9.17) is 5.26 Å². The van der Waals surface area contributed by atoms with Crippen LogP contribution in [-0.4, -0.2) is 42.6 Å². The summed E-state index contributed by atoms with van der Waals surface area (Å²) in [6.07, 6.45) is -7.46. The summed E-state index contributed by atoms with van der Waals surface area (Å²) in [5, 5.41) is 13.0. The first-order valence-corrected chi connectivity index (χ1v) is 9.04. The van der Waals surface area contributed by atoms with E-state index in [1.54, 1.807) is 6.07 Å². The molecule has 0 spiro atoms. The third kappa shape index (κ3) is 4.92. The minimum absolute atomic E-state index is 0.00683. The number of amides is 1. The van der Waals surface area contributed by atoms with E-state index in [0.29, 0.717) is 12.1 Å². The van der Waals surface area contributed by atoms with Crippen LogP contribution in [-0.2, 0) is 12.4 Å². The minimum atomic E-state index is -5.10. The van der Waals surface area contributed by atoms with E-state index in [1.165, 1.54) is 25.4 Å². The Morgan fingerprint density at radius 2 is 1.61 bits per heavy atom. The van der Waals surface area contributed by atoms with Crippen LogP contribution in [0.15, 0.2) is 36.7 Å². The second-order valence-electron chi connectivity index (χ2n) is 6.75. The SMILES string of the molecule is CC(c1nc(C#N)nn1-c1ncccn1)N(C)C(=O)c1cc(C(F)(F)F)cc(C(F)(F)F)c1. The van der Waals surface area contributed by atoms with Crippen LogP contribution in [0.5, 0.6) is 0 Å².